The van der Waals surface area contributed by atoms with Gasteiger partial charge >= 0.3 is 0 Å². The molecule has 0 spiro atoms. The summed E-state index contributed by atoms with van der Waals surface area (Å²) in [7, 11) is 0. The first-order valence-electron chi connectivity index (χ1n) is 2.67. The Kier molecular flexibility index (Phi) is 1.85. The average Bonchev–Trinajstić information content (AvgIpc) is 1.64. The topological polar surface area (TPSA) is 64.2 Å². The van der Waals surface area contributed by atoms with Gasteiger partial charge in [0.1, 0.15) is 11.7 Å². The van der Waals surface area contributed by atoms with Gasteiger partial charge in [0.05, 0.1) is 0 Å². The summed E-state index contributed by atoms with van der Waals surface area (Å²) in [6, 6.07) is 1.59. The Balaban J connectivity index is 4.39. The van der Waals surface area contributed by atoms with Crippen molar-refractivity contribution in [3.05, 3.63) is 0 Å². The minimum Gasteiger partial charge on any atom is -0.386 e. The highest BCUT2D eigenvalue weighted by atomic mass is 16.3. The van der Waals surface area contributed by atoms with Crippen LogP contribution in [0.1, 0.15) is 20.8 Å². The van der Waals surface area contributed by atoms with Crippen molar-refractivity contribution >= 4 is 0 Å². The van der Waals surface area contributed by atoms with Crippen LogP contribution in [0.15, 0.2) is 0 Å². The van der Waals surface area contributed by atoms with E-state index >= 15 is 0 Å². The van der Waals surface area contributed by atoms with Gasteiger partial charge in [0.25, 0.3) is 0 Å². The fraction of sp³-hybridized carbons (Fsp3) is 0.833. The summed E-state index contributed by atoms with van der Waals surface area (Å²) >= 11 is 0. The third-order valence-electron chi connectivity index (χ3n) is 1.41. The highest BCUT2D eigenvalue weighted by Crippen LogP contribution is 2.19. The number of nitrogens with zero attached hydrogens (tertiary/aromatic N) is 1. The van der Waals surface area contributed by atoms with Gasteiger partial charge in [-0.25, -0.2) is 0 Å². The molecule has 0 rings (SSSR count). The maximum absolute atomic E-state index is 9.07. The maximum Gasteiger partial charge on any atom is 0.176 e. The average molecular weight is 129 g/mol. The van der Waals surface area contributed by atoms with Gasteiger partial charge in [0.15, 0.2) is 5.60 Å². The number of hydrogen-bond donors (Lipinski definition) is 2. The zero-order valence-corrected chi connectivity index (χ0v) is 5.84. The lowest BCUT2D eigenvalue weighted by Gasteiger charge is -2.28. The van der Waals surface area contributed by atoms with Crippen molar-refractivity contribution in [2.75, 3.05) is 0 Å². The molecule has 0 aromatic rings. The predicted molar refractivity (Wildman–Crippen MR) is 32.5 cm³/mol. The van der Waals surface area contributed by atoms with Crippen LogP contribution in [0.2, 0.25) is 0 Å². The van der Waals surface area contributed by atoms with Crippen LogP contribution in [-0.2, 0) is 0 Å². The van der Waals surface area contributed by atoms with Crippen LogP contribution in [0.4, 0.5) is 0 Å². The van der Waals surface area contributed by atoms with Gasteiger partial charge in [-0.05, 0) is 20.8 Å². The molecule has 0 heterocycles. The van der Waals surface area contributed by atoms with Crippen molar-refractivity contribution in [1.29, 1.82) is 5.26 Å². The van der Waals surface area contributed by atoms with E-state index in [2.05, 4.69) is 0 Å². The van der Waals surface area contributed by atoms with Gasteiger partial charge in [0.2, 0.25) is 0 Å². The highest BCUT2D eigenvalue weighted by molar-refractivity contribution is 5.06. The standard InChI is InChI=1S/C6H11NO2/c1-5(2,8)6(3,9)4-7/h8-9H,1-3H3. The van der Waals surface area contributed by atoms with Crippen molar-refractivity contribution in [2.24, 2.45) is 0 Å². The monoisotopic (exact) mass is 129 g/mol. The summed E-state index contributed by atoms with van der Waals surface area (Å²) in [5.74, 6) is 0. The quantitative estimate of drug-likeness (QED) is 0.491. The van der Waals surface area contributed by atoms with Crippen LogP contribution in [0.5, 0.6) is 0 Å². The van der Waals surface area contributed by atoms with E-state index in [1.165, 1.54) is 20.8 Å². The normalized spacial score (nSPS) is 18.2. The van der Waals surface area contributed by atoms with Gasteiger partial charge in [-0.1, -0.05) is 0 Å². The molecule has 0 saturated heterocycles. The second-order valence-corrected chi connectivity index (χ2v) is 2.74. The first kappa shape index (κ1) is 8.41. The van der Waals surface area contributed by atoms with E-state index in [9.17, 15) is 0 Å². The molecule has 0 bridgehead atoms. The summed E-state index contributed by atoms with van der Waals surface area (Å²) in [4.78, 5) is 0. The molecule has 0 aliphatic rings. The molecular formula is C6H11NO2. The van der Waals surface area contributed by atoms with Crippen LogP contribution in [0, 0.1) is 11.3 Å². The first-order valence-corrected chi connectivity index (χ1v) is 2.67. The Morgan fingerprint density at radius 2 is 1.56 bits per heavy atom. The molecule has 1 unspecified atom stereocenters. The van der Waals surface area contributed by atoms with E-state index in [4.69, 9.17) is 15.5 Å². The number of rotatable bonds is 1. The van der Waals surface area contributed by atoms with E-state index in [0.717, 1.165) is 0 Å². The molecule has 0 fully saturated rings. The second kappa shape index (κ2) is 1.98. The molecular weight excluding hydrogens is 118 g/mol. The largest absolute Gasteiger partial charge is 0.386 e. The first-order chi connectivity index (χ1) is 3.81. The maximum atomic E-state index is 9.07. The van der Waals surface area contributed by atoms with Crippen molar-refractivity contribution < 1.29 is 10.2 Å². The molecule has 0 radical (unpaired) electrons. The molecule has 0 saturated carbocycles. The molecule has 0 aromatic heterocycles. The van der Waals surface area contributed by atoms with E-state index in [0.29, 0.717) is 0 Å². The zero-order chi connectivity index (χ0) is 7.71. The second-order valence-electron chi connectivity index (χ2n) is 2.74. The highest BCUT2D eigenvalue weighted by Gasteiger charge is 2.37. The lowest BCUT2D eigenvalue weighted by Crippen LogP contribution is -2.46. The fourth-order valence-electron chi connectivity index (χ4n) is 0.137. The summed E-state index contributed by atoms with van der Waals surface area (Å²) in [6.45, 7) is 4.04. The van der Waals surface area contributed by atoms with E-state index in [-0.39, 0.29) is 0 Å². The molecule has 0 aliphatic carbocycles. The summed E-state index contributed by atoms with van der Waals surface area (Å²) in [6.07, 6.45) is 0. The minimum atomic E-state index is -1.66. The molecule has 0 aromatic carbocycles. The predicted octanol–water partition coefficient (Wildman–Crippen LogP) is 0.0319. The molecule has 3 nitrogen and oxygen atoms in total. The molecule has 2 N–H and O–H groups in total. The Morgan fingerprint density at radius 3 is 1.56 bits per heavy atom. The summed E-state index contributed by atoms with van der Waals surface area (Å²) < 4.78 is 0. The van der Waals surface area contributed by atoms with Crippen LogP contribution in [0.25, 0.3) is 0 Å². The Labute approximate surface area is 54.5 Å². The van der Waals surface area contributed by atoms with Crippen molar-refractivity contribution in [3.8, 4) is 6.07 Å². The minimum absolute atomic E-state index is 1.27. The Morgan fingerprint density at radius 1 is 1.22 bits per heavy atom. The van der Waals surface area contributed by atoms with Crippen LogP contribution >= 0.6 is 0 Å². The van der Waals surface area contributed by atoms with Gasteiger partial charge in [0, 0.05) is 0 Å². The molecule has 0 amide bonds. The summed E-state index contributed by atoms with van der Waals surface area (Å²) in [5, 5.41) is 26.4. The molecule has 0 aliphatic heterocycles. The smallest absolute Gasteiger partial charge is 0.176 e. The van der Waals surface area contributed by atoms with Crippen LogP contribution in [-0.4, -0.2) is 21.4 Å². The van der Waals surface area contributed by atoms with E-state index in [1.807, 2.05) is 0 Å². The van der Waals surface area contributed by atoms with E-state index in [1.54, 1.807) is 6.07 Å². The van der Waals surface area contributed by atoms with Gasteiger partial charge in [-0.3, -0.25) is 0 Å². The van der Waals surface area contributed by atoms with E-state index < -0.39 is 11.2 Å². The summed E-state index contributed by atoms with van der Waals surface area (Å²) in [5.41, 5.74) is -3.02. The van der Waals surface area contributed by atoms with Crippen molar-refractivity contribution in [1.82, 2.24) is 0 Å². The Hall–Kier alpha value is -0.590. The molecule has 52 valence electrons. The van der Waals surface area contributed by atoms with Gasteiger partial charge in [-0.15, -0.1) is 0 Å². The molecule has 1 atom stereocenters. The van der Waals surface area contributed by atoms with Crippen LogP contribution < -0.4 is 0 Å². The van der Waals surface area contributed by atoms with Gasteiger partial charge < -0.3 is 10.2 Å². The lowest BCUT2D eigenvalue weighted by atomic mass is 9.89. The van der Waals surface area contributed by atoms with Crippen LogP contribution in [0.3, 0.4) is 0 Å². The molecule has 3 heteroatoms. The lowest BCUT2D eigenvalue weighted by molar-refractivity contribution is -0.0832. The van der Waals surface area contributed by atoms with Crippen molar-refractivity contribution in [2.45, 2.75) is 32.0 Å². The van der Waals surface area contributed by atoms with Gasteiger partial charge in [-0.2, -0.15) is 5.26 Å². The number of aliphatic hydroxyl groups is 2. The third kappa shape index (κ3) is 1.67. The third-order valence-corrected chi connectivity index (χ3v) is 1.41. The SMILES string of the molecule is CC(C)(O)C(C)(O)C#N. The fourth-order valence-corrected chi connectivity index (χ4v) is 0.137. The Bertz CT molecular complexity index is 138. The number of hydrogen-bond acceptors (Lipinski definition) is 3. The zero-order valence-electron chi connectivity index (χ0n) is 5.84. The molecule has 9 heavy (non-hydrogen) atoms. The number of nitriles is 1. The van der Waals surface area contributed by atoms with Crippen molar-refractivity contribution in [3.63, 3.8) is 0 Å².